The van der Waals surface area contributed by atoms with Crippen LogP contribution in [0.1, 0.15) is 19.8 Å². The quantitative estimate of drug-likeness (QED) is 0.653. The van der Waals surface area contributed by atoms with E-state index in [1.165, 1.54) is 4.90 Å². The van der Waals surface area contributed by atoms with Crippen molar-refractivity contribution in [1.29, 1.82) is 0 Å². The number of carboxylic acids is 1. The molecular weight excluding hydrogens is 170 g/mol. The molecule has 0 spiro atoms. The third-order valence-corrected chi connectivity index (χ3v) is 2.05. The summed E-state index contributed by atoms with van der Waals surface area (Å²) in [6, 6.07) is -0.649. The molecule has 0 bridgehead atoms. The van der Waals surface area contributed by atoms with E-state index in [4.69, 9.17) is 5.11 Å². The van der Waals surface area contributed by atoms with E-state index in [1.807, 2.05) is 0 Å². The van der Waals surface area contributed by atoms with E-state index in [0.717, 1.165) is 5.57 Å². The number of hydrogen-bond donors (Lipinski definition) is 1. The number of rotatable bonds is 3. The van der Waals surface area contributed by atoms with Crippen molar-refractivity contribution < 1.29 is 14.7 Å². The maximum atomic E-state index is 11.2. The molecule has 1 aliphatic rings. The lowest BCUT2D eigenvalue weighted by Crippen LogP contribution is -2.39. The van der Waals surface area contributed by atoms with Crippen molar-refractivity contribution in [2.75, 3.05) is 6.54 Å². The van der Waals surface area contributed by atoms with Crippen LogP contribution in [0.5, 0.6) is 0 Å². The van der Waals surface area contributed by atoms with Gasteiger partial charge in [0.15, 0.2) is 0 Å². The summed E-state index contributed by atoms with van der Waals surface area (Å²) in [4.78, 5) is 23.3. The van der Waals surface area contributed by atoms with Crippen molar-refractivity contribution in [3.63, 3.8) is 0 Å². The SMILES string of the molecule is C=C(C)CN1C(=O)CCC1C(=O)O. The van der Waals surface area contributed by atoms with Crippen molar-refractivity contribution in [3.8, 4) is 0 Å². The Morgan fingerprint density at radius 1 is 1.77 bits per heavy atom. The summed E-state index contributed by atoms with van der Waals surface area (Å²) >= 11 is 0. The second-order valence-corrected chi connectivity index (χ2v) is 3.37. The fourth-order valence-corrected chi connectivity index (χ4v) is 1.48. The first-order valence-electron chi connectivity index (χ1n) is 4.19. The fraction of sp³-hybridized carbons (Fsp3) is 0.556. The summed E-state index contributed by atoms with van der Waals surface area (Å²) in [5.41, 5.74) is 0.807. The zero-order chi connectivity index (χ0) is 10.0. The van der Waals surface area contributed by atoms with Gasteiger partial charge in [-0.2, -0.15) is 0 Å². The molecular formula is C9H13NO3. The number of carbonyl (C=O) groups excluding carboxylic acids is 1. The average molecular weight is 183 g/mol. The lowest BCUT2D eigenvalue weighted by molar-refractivity contribution is -0.145. The molecule has 1 unspecified atom stereocenters. The molecule has 0 aliphatic carbocycles. The highest BCUT2D eigenvalue weighted by Gasteiger charge is 2.35. The van der Waals surface area contributed by atoms with Crippen LogP contribution < -0.4 is 0 Å². The van der Waals surface area contributed by atoms with Crippen LogP contribution in [0.25, 0.3) is 0 Å². The second kappa shape index (κ2) is 3.60. The van der Waals surface area contributed by atoms with Gasteiger partial charge in [-0.1, -0.05) is 12.2 Å². The molecule has 0 aromatic rings. The number of likely N-dealkylation sites (tertiary alicyclic amines) is 1. The molecule has 0 radical (unpaired) electrons. The summed E-state index contributed by atoms with van der Waals surface area (Å²) in [5.74, 6) is -1.01. The van der Waals surface area contributed by atoms with Crippen LogP contribution in [0.2, 0.25) is 0 Å². The summed E-state index contributed by atoms with van der Waals surface area (Å²) in [7, 11) is 0. The fourth-order valence-electron chi connectivity index (χ4n) is 1.48. The van der Waals surface area contributed by atoms with Gasteiger partial charge in [0.1, 0.15) is 6.04 Å². The minimum Gasteiger partial charge on any atom is -0.480 e. The van der Waals surface area contributed by atoms with Crippen molar-refractivity contribution in [2.45, 2.75) is 25.8 Å². The summed E-state index contributed by atoms with van der Waals surface area (Å²) in [5, 5.41) is 8.79. The Balaban J connectivity index is 2.71. The number of carbonyl (C=O) groups is 2. The molecule has 13 heavy (non-hydrogen) atoms. The smallest absolute Gasteiger partial charge is 0.326 e. The summed E-state index contributed by atoms with van der Waals surface area (Å²) < 4.78 is 0. The Hall–Kier alpha value is -1.32. The van der Waals surface area contributed by atoms with Crippen LogP contribution in [0, 0.1) is 0 Å². The minimum absolute atomic E-state index is 0.0876. The highest BCUT2D eigenvalue weighted by Crippen LogP contribution is 2.19. The van der Waals surface area contributed by atoms with E-state index in [1.54, 1.807) is 6.92 Å². The first kappa shape index (κ1) is 9.77. The van der Waals surface area contributed by atoms with E-state index >= 15 is 0 Å². The van der Waals surface area contributed by atoms with Gasteiger partial charge in [-0.25, -0.2) is 4.79 Å². The zero-order valence-electron chi connectivity index (χ0n) is 7.62. The Morgan fingerprint density at radius 2 is 2.38 bits per heavy atom. The summed E-state index contributed by atoms with van der Waals surface area (Å²) in [6.07, 6.45) is 0.756. The molecule has 4 nitrogen and oxygen atoms in total. The standard InChI is InChI=1S/C9H13NO3/c1-6(2)5-10-7(9(12)13)3-4-8(10)11/h7H,1,3-5H2,2H3,(H,12,13). The predicted molar refractivity (Wildman–Crippen MR) is 47.2 cm³/mol. The maximum Gasteiger partial charge on any atom is 0.326 e. The van der Waals surface area contributed by atoms with Gasteiger partial charge in [-0.15, -0.1) is 0 Å². The molecule has 1 fully saturated rings. The van der Waals surface area contributed by atoms with Gasteiger partial charge < -0.3 is 10.0 Å². The zero-order valence-corrected chi connectivity index (χ0v) is 7.62. The Labute approximate surface area is 76.8 Å². The number of amides is 1. The largest absolute Gasteiger partial charge is 0.480 e. The summed E-state index contributed by atoms with van der Waals surface area (Å²) in [6.45, 7) is 5.80. The number of hydrogen-bond acceptors (Lipinski definition) is 2. The molecule has 4 heteroatoms. The van der Waals surface area contributed by atoms with Crippen molar-refractivity contribution in [1.82, 2.24) is 4.90 Å². The monoisotopic (exact) mass is 183 g/mol. The van der Waals surface area contributed by atoms with Crippen molar-refractivity contribution in [3.05, 3.63) is 12.2 Å². The molecule has 1 aliphatic heterocycles. The van der Waals surface area contributed by atoms with Gasteiger partial charge in [0.05, 0.1) is 0 Å². The average Bonchev–Trinajstić information content (AvgIpc) is 2.32. The second-order valence-electron chi connectivity index (χ2n) is 3.37. The third-order valence-electron chi connectivity index (χ3n) is 2.05. The van der Waals surface area contributed by atoms with Gasteiger partial charge in [0, 0.05) is 13.0 Å². The number of carboxylic acid groups (broad SMARTS) is 1. The van der Waals surface area contributed by atoms with Crippen molar-refractivity contribution in [2.24, 2.45) is 0 Å². The van der Waals surface area contributed by atoms with Crippen LogP contribution in [0.15, 0.2) is 12.2 Å². The molecule has 1 heterocycles. The Kier molecular flexibility index (Phi) is 2.70. The van der Waals surface area contributed by atoms with E-state index in [0.29, 0.717) is 19.4 Å². The Morgan fingerprint density at radius 3 is 2.85 bits per heavy atom. The van der Waals surface area contributed by atoms with Crippen molar-refractivity contribution >= 4 is 11.9 Å². The van der Waals surface area contributed by atoms with E-state index < -0.39 is 12.0 Å². The van der Waals surface area contributed by atoms with Gasteiger partial charge in [-0.3, -0.25) is 4.79 Å². The topological polar surface area (TPSA) is 57.6 Å². The first-order chi connectivity index (χ1) is 6.02. The first-order valence-corrected chi connectivity index (χ1v) is 4.19. The molecule has 72 valence electrons. The van der Waals surface area contributed by atoms with Crippen LogP contribution in [0.4, 0.5) is 0 Å². The van der Waals surface area contributed by atoms with Crippen LogP contribution >= 0.6 is 0 Å². The van der Waals surface area contributed by atoms with Crippen LogP contribution in [-0.4, -0.2) is 34.5 Å². The van der Waals surface area contributed by atoms with Gasteiger partial charge >= 0.3 is 5.97 Å². The molecule has 0 saturated carbocycles. The molecule has 1 amide bonds. The molecule has 0 aromatic heterocycles. The van der Waals surface area contributed by atoms with Gasteiger partial charge in [0.2, 0.25) is 5.91 Å². The van der Waals surface area contributed by atoms with E-state index in [-0.39, 0.29) is 5.91 Å². The minimum atomic E-state index is -0.924. The molecule has 1 rings (SSSR count). The molecule has 1 saturated heterocycles. The molecule has 1 N–H and O–H groups in total. The lowest BCUT2D eigenvalue weighted by atomic mass is 10.2. The maximum absolute atomic E-state index is 11.2. The highest BCUT2D eigenvalue weighted by molar-refractivity contribution is 5.87. The lowest BCUT2D eigenvalue weighted by Gasteiger charge is -2.21. The molecule has 1 atom stereocenters. The normalized spacial score (nSPS) is 22.1. The van der Waals surface area contributed by atoms with E-state index in [2.05, 4.69) is 6.58 Å². The highest BCUT2D eigenvalue weighted by atomic mass is 16.4. The van der Waals surface area contributed by atoms with Gasteiger partial charge in [-0.05, 0) is 13.3 Å². The third kappa shape index (κ3) is 2.08. The van der Waals surface area contributed by atoms with Gasteiger partial charge in [0.25, 0.3) is 0 Å². The molecule has 0 aromatic carbocycles. The van der Waals surface area contributed by atoms with E-state index in [9.17, 15) is 9.59 Å². The van der Waals surface area contributed by atoms with Crippen LogP contribution in [-0.2, 0) is 9.59 Å². The predicted octanol–water partition coefficient (Wildman–Crippen LogP) is 0.638. The van der Waals surface area contributed by atoms with Crippen LogP contribution in [0.3, 0.4) is 0 Å². The number of aliphatic carboxylic acids is 1. The number of nitrogens with zero attached hydrogens (tertiary/aromatic N) is 1. The Bertz CT molecular complexity index is 260.